The summed E-state index contributed by atoms with van der Waals surface area (Å²) in [6.45, 7) is 3.71. The van der Waals surface area contributed by atoms with Crippen LogP contribution in [0, 0.1) is 11.7 Å². The van der Waals surface area contributed by atoms with E-state index in [2.05, 4.69) is 14.9 Å². The van der Waals surface area contributed by atoms with Crippen LogP contribution in [0.1, 0.15) is 19.7 Å². The second-order valence-electron chi connectivity index (χ2n) is 7.78. The summed E-state index contributed by atoms with van der Waals surface area (Å²) in [5.41, 5.74) is 0.499. The standard InChI is InChI=1S/C22H22FN3O7S/c1-13(2)20(26-34(28,29)16-7-8-17-18(11-16)31-10-9-30-17)22(27)32-12-19-24-21(33-25-19)14-3-5-15(23)6-4-14/h3-8,11,13,20,26H,9-10,12H2,1-2H3. The van der Waals surface area contributed by atoms with Crippen molar-refractivity contribution in [2.45, 2.75) is 31.4 Å². The Bertz CT molecular complexity index is 1280. The molecule has 0 fully saturated rings. The normalized spacial score (nSPS) is 14.1. The molecule has 4 rings (SSSR count). The van der Waals surface area contributed by atoms with Crippen LogP contribution in [-0.4, -0.2) is 43.8 Å². The quantitative estimate of drug-likeness (QED) is 0.473. The number of esters is 1. The third kappa shape index (κ3) is 5.34. The zero-order valence-electron chi connectivity index (χ0n) is 18.4. The molecule has 2 heterocycles. The van der Waals surface area contributed by atoms with Crippen molar-refractivity contribution in [3.8, 4) is 23.0 Å². The highest BCUT2D eigenvalue weighted by atomic mass is 32.2. The minimum absolute atomic E-state index is 0.0719. The summed E-state index contributed by atoms with van der Waals surface area (Å²) in [7, 11) is -4.07. The van der Waals surface area contributed by atoms with Gasteiger partial charge in [-0.1, -0.05) is 19.0 Å². The number of benzene rings is 2. The zero-order chi connectivity index (χ0) is 24.3. The first kappa shape index (κ1) is 23.6. The first-order chi connectivity index (χ1) is 16.2. The van der Waals surface area contributed by atoms with Crippen molar-refractivity contribution in [1.29, 1.82) is 0 Å². The second kappa shape index (κ2) is 9.77. The summed E-state index contributed by atoms with van der Waals surface area (Å²) in [5, 5.41) is 3.73. The number of sulfonamides is 1. The van der Waals surface area contributed by atoms with Crippen LogP contribution in [0.2, 0.25) is 0 Å². The van der Waals surface area contributed by atoms with E-state index >= 15 is 0 Å². The number of hydrogen-bond donors (Lipinski definition) is 1. The number of ether oxygens (including phenoxy) is 3. The Hall–Kier alpha value is -3.51. The minimum atomic E-state index is -4.07. The average molecular weight is 491 g/mol. The van der Waals surface area contributed by atoms with Gasteiger partial charge in [-0.05, 0) is 42.3 Å². The fourth-order valence-electron chi connectivity index (χ4n) is 3.13. The van der Waals surface area contributed by atoms with Crippen LogP contribution < -0.4 is 14.2 Å². The molecule has 0 amide bonds. The van der Waals surface area contributed by atoms with Gasteiger partial charge in [0, 0.05) is 11.6 Å². The van der Waals surface area contributed by atoms with E-state index in [1.807, 2.05) is 0 Å². The number of rotatable bonds is 8. The SMILES string of the molecule is CC(C)C(NS(=O)(=O)c1ccc2c(c1)OCCO2)C(=O)OCc1noc(-c2ccc(F)cc2)n1. The largest absolute Gasteiger partial charge is 0.486 e. The molecule has 1 N–H and O–H groups in total. The minimum Gasteiger partial charge on any atom is -0.486 e. The fourth-order valence-corrected chi connectivity index (χ4v) is 4.48. The van der Waals surface area contributed by atoms with Crippen molar-refractivity contribution in [2.75, 3.05) is 13.2 Å². The van der Waals surface area contributed by atoms with Gasteiger partial charge >= 0.3 is 5.97 Å². The van der Waals surface area contributed by atoms with Crippen LogP contribution in [0.25, 0.3) is 11.5 Å². The van der Waals surface area contributed by atoms with E-state index in [1.165, 1.54) is 42.5 Å². The molecule has 0 bridgehead atoms. The van der Waals surface area contributed by atoms with Crippen molar-refractivity contribution < 1.29 is 36.3 Å². The lowest BCUT2D eigenvalue weighted by atomic mass is 10.1. The Morgan fingerprint density at radius 3 is 2.53 bits per heavy atom. The van der Waals surface area contributed by atoms with Crippen molar-refractivity contribution in [2.24, 2.45) is 5.92 Å². The highest BCUT2D eigenvalue weighted by Gasteiger charge is 2.31. The molecule has 1 atom stereocenters. The molecular formula is C22H22FN3O7S. The molecule has 10 nitrogen and oxygen atoms in total. The molecule has 1 aromatic heterocycles. The van der Waals surface area contributed by atoms with Crippen molar-refractivity contribution in [3.63, 3.8) is 0 Å². The van der Waals surface area contributed by atoms with Crippen LogP contribution in [0.4, 0.5) is 4.39 Å². The van der Waals surface area contributed by atoms with Gasteiger partial charge in [0.25, 0.3) is 5.89 Å². The third-order valence-corrected chi connectivity index (χ3v) is 6.37. The summed E-state index contributed by atoms with van der Waals surface area (Å²) >= 11 is 0. The second-order valence-corrected chi connectivity index (χ2v) is 9.49. The van der Waals surface area contributed by atoms with E-state index in [-0.39, 0.29) is 23.2 Å². The Kier molecular flexibility index (Phi) is 6.80. The van der Waals surface area contributed by atoms with Gasteiger partial charge in [0.1, 0.15) is 25.1 Å². The summed E-state index contributed by atoms with van der Waals surface area (Å²) in [4.78, 5) is 16.7. The fraction of sp³-hybridized carbons (Fsp3) is 0.318. The first-order valence-corrected chi connectivity index (χ1v) is 11.9. The lowest BCUT2D eigenvalue weighted by Crippen LogP contribution is -2.45. The molecule has 34 heavy (non-hydrogen) atoms. The predicted octanol–water partition coefficient (Wildman–Crippen LogP) is 2.69. The molecule has 180 valence electrons. The van der Waals surface area contributed by atoms with Crippen molar-refractivity contribution in [3.05, 3.63) is 54.1 Å². The van der Waals surface area contributed by atoms with E-state index in [4.69, 9.17) is 18.7 Å². The highest BCUT2D eigenvalue weighted by molar-refractivity contribution is 7.89. The Labute approximate surface area is 195 Å². The van der Waals surface area contributed by atoms with Gasteiger partial charge in [-0.15, -0.1) is 0 Å². The smallest absolute Gasteiger partial charge is 0.324 e. The summed E-state index contributed by atoms with van der Waals surface area (Å²) in [6.07, 6.45) is 0. The van der Waals surface area contributed by atoms with Gasteiger partial charge < -0.3 is 18.7 Å². The molecule has 0 saturated carbocycles. The Morgan fingerprint density at radius 1 is 1.12 bits per heavy atom. The van der Waals surface area contributed by atoms with Crippen LogP contribution in [0.15, 0.2) is 51.9 Å². The third-order valence-electron chi connectivity index (χ3n) is 4.93. The van der Waals surface area contributed by atoms with E-state index in [9.17, 15) is 17.6 Å². The van der Waals surface area contributed by atoms with Gasteiger partial charge in [0.2, 0.25) is 15.8 Å². The molecule has 0 saturated heterocycles. The van der Waals surface area contributed by atoms with Crippen LogP contribution in [0.5, 0.6) is 11.5 Å². The monoisotopic (exact) mass is 491 g/mol. The van der Waals surface area contributed by atoms with Gasteiger partial charge in [-0.25, -0.2) is 12.8 Å². The lowest BCUT2D eigenvalue weighted by molar-refractivity contribution is -0.148. The molecular weight excluding hydrogens is 469 g/mol. The molecule has 1 aliphatic rings. The molecule has 0 spiro atoms. The molecule has 3 aromatic rings. The maximum absolute atomic E-state index is 13.1. The molecule has 1 aliphatic heterocycles. The number of nitrogens with one attached hydrogen (secondary N) is 1. The number of carbonyl (C=O) groups excluding carboxylic acids is 1. The average Bonchev–Trinajstić information content (AvgIpc) is 3.30. The predicted molar refractivity (Wildman–Crippen MR) is 116 cm³/mol. The summed E-state index contributed by atoms with van der Waals surface area (Å²) in [5.74, 6) is -0.660. The van der Waals surface area contributed by atoms with E-state index in [1.54, 1.807) is 13.8 Å². The van der Waals surface area contributed by atoms with E-state index in [0.717, 1.165) is 0 Å². The topological polar surface area (TPSA) is 130 Å². The number of halogens is 1. The number of nitrogens with zero attached hydrogens (tertiary/aromatic N) is 2. The van der Waals surface area contributed by atoms with Gasteiger partial charge in [0.05, 0.1) is 4.90 Å². The molecule has 2 aromatic carbocycles. The molecule has 0 aliphatic carbocycles. The van der Waals surface area contributed by atoms with Gasteiger partial charge in [-0.2, -0.15) is 9.71 Å². The number of aromatic nitrogens is 2. The zero-order valence-corrected chi connectivity index (χ0v) is 19.2. The van der Waals surface area contributed by atoms with Crippen LogP contribution >= 0.6 is 0 Å². The number of hydrogen-bond acceptors (Lipinski definition) is 9. The maximum Gasteiger partial charge on any atom is 0.324 e. The molecule has 0 radical (unpaired) electrons. The Balaban J connectivity index is 1.42. The maximum atomic E-state index is 13.1. The van der Waals surface area contributed by atoms with Crippen molar-refractivity contribution in [1.82, 2.24) is 14.9 Å². The summed E-state index contributed by atoms with van der Waals surface area (Å²) < 4.78 is 62.5. The Morgan fingerprint density at radius 2 is 1.82 bits per heavy atom. The summed E-state index contributed by atoms with van der Waals surface area (Å²) in [6, 6.07) is 8.49. The van der Waals surface area contributed by atoms with Gasteiger partial charge in [0.15, 0.2) is 18.1 Å². The van der Waals surface area contributed by atoms with Gasteiger partial charge in [-0.3, -0.25) is 4.79 Å². The van der Waals surface area contributed by atoms with E-state index < -0.39 is 33.8 Å². The molecule has 1 unspecified atom stereocenters. The number of carbonyl (C=O) groups is 1. The van der Waals surface area contributed by atoms with Crippen LogP contribution in [0.3, 0.4) is 0 Å². The first-order valence-electron chi connectivity index (χ1n) is 10.4. The number of fused-ring (bicyclic) bond motifs is 1. The molecule has 12 heteroatoms. The highest BCUT2D eigenvalue weighted by Crippen LogP contribution is 2.32. The van der Waals surface area contributed by atoms with E-state index in [0.29, 0.717) is 30.3 Å². The van der Waals surface area contributed by atoms with Crippen LogP contribution in [-0.2, 0) is 26.2 Å². The van der Waals surface area contributed by atoms with Crippen molar-refractivity contribution >= 4 is 16.0 Å². The lowest BCUT2D eigenvalue weighted by Gasteiger charge is -2.22.